The second-order valence-electron chi connectivity index (χ2n) is 4.49. The molecule has 0 fully saturated rings. The van der Waals surface area contributed by atoms with E-state index in [-0.39, 0.29) is 11.3 Å². The first-order valence-electron chi connectivity index (χ1n) is 6.47. The molecule has 0 atom stereocenters. The molecule has 2 rings (SSSR count). The number of nitrogens with zero attached hydrogens (tertiary/aromatic N) is 1. The summed E-state index contributed by atoms with van der Waals surface area (Å²) in [5.41, 5.74) is 1.33. The fraction of sp³-hybridized carbons (Fsp3) is 0.188. The fourth-order valence-corrected chi connectivity index (χ4v) is 1.84. The maximum Gasteiger partial charge on any atom is 0.365 e. The molecular formula is C16H15NO5. The Labute approximate surface area is 127 Å². The number of ketones is 1. The molecule has 0 saturated heterocycles. The summed E-state index contributed by atoms with van der Waals surface area (Å²) in [5.74, 6) is 0.177. The largest absolute Gasteiger partial charge is 0.493 e. The Hall–Kier alpha value is -2.89. The van der Waals surface area contributed by atoms with E-state index in [0.717, 1.165) is 0 Å². The van der Waals surface area contributed by atoms with Crippen LogP contribution in [0.2, 0.25) is 0 Å². The zero-order valence-corrected chi connectivity index (χ0v) is 12.5. The van der Waals surface area contributed by atoms with Gasteiger partial charge in [-0.15, -0.1) is 0 Å². The van der Waals surface area contributed by atoms with Gasteiger partial charge in [0.15, 0.2) is 17.3 Å². The monoisotopic (exact) mass is 301 g/mol. The second kappa shape index (κ2) is 6.71. The predicted molar refractivity (Wildman–Crippen MR) is 80.3 cm³/mol. The maximum atomic E-state index is 12.0. The Morgan fingerprint density at radius 2 is 1.82 bits per heavy atom. The summed E-state index contributed by atoms with van der Waals surface area (Å²) < 4.78 is 10.2. The molecule has 0 bridgehead atoms. The van der Waals surface area contributed by atoms with Gasteiger partial charge in [0.1, 0.15) is 5.71 Å². The van der Waals surface area contributed by atoms with E-state index in [0.29, 0.717) is 22.8 Å². The molecule has 114 valence electrons. The van der Waals surface area contributed by atoms with Crippen LogP contribution >= 0.6 is 0 Å². The quantitative estimate of drug-likeness (QED) is 0.484. The number of hydrogen-bond acceptors (Lipinski definition) is 6. The number of methoxy groups -OCH3 is 2. The lowest BCUT2D eigenvalue weighted by atomic mass is 10.1. The summed E-state index contributed by atoms with van der Waals surface area (Å²) >= 11 is 0. The third-order valence-electron chi connectivity index (χ3n) is 3.01. The van der Waals surface area contributed by atoms with Gasteiger partial charge in [0.25, 0.3) is 0 Å². The Morgan fingerprint density at radius 3 is 2.45 bits per heavy atom. The van der Waals surface area contributed by atoms with Crippen LogP contribution in [0.3, 0.4) is 0 Å². The minimum Gasteiger partial charge on any atom is -0.493 e. The van der Waals surface area contributed by atoms with E-state index in [9.17, 15) is 9.59 Å². The SMILES string of the molecule is COc1ccc(C(=O)O/N=C2/C=CC(=O)C=C2C)cc1OC. The van der Waals surface area contributed by atoms with E-state index in [1.807, 2.05) is 0 Å². The number of ether oxygens (including phenoxy) is 2. The number of carbonyl (C=O) groups excluding carboxylic acids is 2. The highest BCUT2D eigenvalue weighted by Gasteiger charge is 2.13. The highest BCUT2D eigenvalue weighted by Crippen LogP contribution is 2.27. The highest BCUT2D eigenvalue weighted by atomic mass is 16.7. The molecule has 0 unspecified atom stereocenters. The van der Waals surface area contributed by atoms with Crippen molar-refractivity contribution >= 4 is 17.5 Å². The number of allylic oxidation sites excluding steroid dienone is 4. The van der Waals surface area contributed by atoms with Crippen molar-refractivity contribution in [2.45, 2.75) is 6.92 Å². The highest BCUT2D eigenvalue weighted by molar-refractivity contribution is 6.19. The van der Waals surface area contributed by atoms with Crippen LogP contribution in [0, 0.1) is 0 Å². The fourth-order valence-electron chi connectivity index (χ4n) is 1.84. The minimum absolute atomic E-state index is 0.123. The molecular weight excluding hydrogens is 286 g/mol. The van der Waals surface area contributed by atoms with Crippen molar-refractivity contribution in [1.82, 2.24) is 0 Å². The first-order chi connectivity index (χ1) is 10.5. The van der Waals surface area contributed by atoms with Crippen LogP contribution in [0.1, 0.15) is 17.3 Å². The van der Waals surface area contributed by atoms with Gasteiger partial charge in [-0.2, -0.15) is 0 Å². The van der Waals surface area contributed by atoms with Crippen LogP contribution in [0.5, 0.6) is 11.5 Å². The topological polar surface area (TPSA) is 74.2 Å². The molecule has 0 heterocycles. The lowest BCUT2D eigenvalue weighted by Crippen LogP contribution is -2.08. The van der Waals surface area contributed by atoms with Gasteiger partial charge in [-0.25, -0.2) is 4.79 Å². The van der Waals surface area contributed by atoms with E-state index < -0.39 is 5.97 Å². The van der Waals surface area contributed by atoms with Crippen molar-refractivity contribution < 1.29 is 23.9 Å². The van der Waals surface area contributed by atoms with E-state index >= 15 is 0 Å². The number of hydrogen-bond donors (Lipinski definition) is 0. The van der Waals surface area contributed by atoms with Crippen LogP contribution in [-0.2, 0) is 9.63 Å². The average Bonchev–Trinajstić information content (AvgIpc) is 2.53. The molecule has 6 nitrogen and oxygen atoms in total. The van der Waals surface area contributed by atoms with Crippen LogP contribution in [0.4, 0.5) is 0 Å². The van der Waals surface area contributed by atoms with E-state index in [4.69, 9.17) is 14.3 Å². The zero-order valence-electron chi connectivity index (χ0n) is 12.5. The third-order valence-corrected chi connectivity index (χ3v) is 3.01. The summed E-state index contributed by atoms with van der Waals surface area (Å²) in [6.45, 7) is 1.71. The van der Waals surface area contributed by atoms with Crippen molar-refractivity contribution in [2.75, 3.05) is 14.2 Å². The summed E-state index contributed by atoms with van der Waals surface area (Å²) in [7, 11) is 2.98. The smallest absolute Gasteiger partial charge is 0.365 e. The van der Waals surface area contributed by atoms with Gasteiger partial charge < -0.3 is 14.3 Å². The molecule has 0 amide bonds. The van der Waals surface area contributed by atoms with Crippen molar-refractivity contribution in [1.29, 1.82) is 0 Å². The second-order valence-corrected chi connectivity index (χ2v) is 4.49. The predicted octanol–water partition coefficient (Wildman–Crippen LogP) is 2.30. The maximum absolute atomic E-state index is 12.0. The van der Waals surface area contributed by atoms with Gasteiger partial charge in [0.2, 0.25) is 0 Å². The molecule has 6 heteroatoms. The molecule has 0 N–H and O–H groups in total. The van der Waals surface area contributed by atoms with Crippen molar-refractivity contribution in [3.63, 3.8) is 0 Å². The number of carbonyl (C=O) groups is 2. The van der Waals surface area contributed by atoms with Gasteiger partial charge in [-0.1, -0.05) is 5.16 Å². The number of oxime groups is 1. The molecule has 1 aliphatic carbocycles. The van der Waals surface area contributed by atoms with Crippen molar-refractivity contribution in [3.8, 4) is 11.5 Å². The lowest BCUT2D eigenvalue weighted by Gasteiger charge is -2.08. The van der Waals surface area contributed by atoms with Gasteiger partial charge in [-0.3, -0.25) is 4.79 Å². The van der Waals surface area contributed by atoms with Gasteiger partial charge in [-0.05, 0) is 48.9 Å². The summed E-state index contributed by atoms with van der Waals surface area (Å²) in [5, 5.41) is 3.76. The number of benzene rings is 1. The summed E-state index contributed by atoms with van der Waals surface area (Å²) in [4.78, 5) is 28.0. The molecule has 0 radical (unpaired) electrons. The minimum atomic E-state index is -0.633. The van der Waals surface area contributed by atoms with E-state index in [2.05, 4.69) is 5.16 Å². The Bertz CT molecular complexity index is 700. The molecule has 1 aromatic rings. The Balaban J connectivity index is 2.15. The summed E-state index contributed by atoms with van der Waals surface area (Å²) in [6.07, 6.45) is 4.28. The molecule has 22 heavy (non-hydrogen) atoms. The third kappa shape index (κ3) is 3.41. The molecule has 0 aromatic heterocycles. The average molecular weight is 301 g/mol. The molecule has 0 aliphatic heterocycles. The lowest BCUT2D eigenvalue weighted by molar-refractivity contribution is -0.110. The molecule has 1 aromatic carbocycles. The first-order valence-corrected chi connectivity index (χ1v) is 6.47. The normalized spacial score (nSPS) is 15.5. The molecule has 1 aliphatic rings. The van der Waals surface area contributed by atoms with Crippen LogP contribution < -0.4 is 9.47 Å². The Kier molecular flexibility index (Phi) is 4.73. The molecule has 0 spiro atoms. The van der Waals surface area contributed by atoms with Gasteiger partial charge >= 0.3 is 5.97 Å². The van der Waals surface area contributed by atoms with Crippen LogP contribution in [0.25, 0.3) is 0 Å². The number of rotatable bonds is 4. The van der Waals surface area contributed by atoms with Gasteiger partial charge in [0, 0.05) is 0 Å². The van der Waals surface area contributed by atoms with Crippen molar-refractivity contribution in [2.24, 2.45) is 5.16 Å². The summed E-state index contributed by atoms with van der Waals surface area (Å²) in [6, 6.07) is 4.66. The van der Waals surface area contributed by atoms with E-state index in [1.54, 1.807) is 19.1 Å². The van der Waals surface area contributed by atoms with Gasteiger partial charge in [0.05, 0.1) is 19.8 Å². The van der Waals surface area contributed by atoms with E-state index in [1.165, 1.54) is 38.5 Å². The van der Waals surface area contributed by atoms with Crippen LogP contribution in [-0.4, -0.2) is 31.7 Å². The first kappa shape index (κ1) is 15.5. The molecule has 0 saturated carbocycles. The zero-order chi connectivity index (χ0) is 16.1. The van der Waals surface area contributed by atoms with Crippen LogP contribution in [0.15, 0.2) is 47.2 Å². The van der Waals surface area contributed by atoms with Crippen molar-refractivity contribution in [3.05, 3.63) is 47.6 Å². The Morgan fingerprint density at radius 1 is 1.09 bits per heavy atom. The standard InChI is InChI=1S/C16H15NO5/c1-10-8-12(18)5-6-13(10)17-22-16(19)11-4-7-14(20-2)15(9-11)21-3/h4-9H,1-3H3/b17-13-.